The highest BCUT2D eigenvalue weighted by Gasteiger charge is 2.06. The van der Waals surface area contributed by atoms with E-state index in [9.17, 15) is 0 Å². The molecule has 0 aliphatic carbocycles. The van der Waals surface area contributed by atoms with Crippen LogP contribution in [0.5, 0.6) is 5.88 Å². The van der Waals surface area contributed by atoms with Crippen LogP contribution in [0.2, 0.25) is 0 Å². The van der Waals surface area contributed by atoms with Crippen molar-refractivity contribution in [3.05, 3.63) is 23.9 Å². The lowest BCUT2D eigenvalue weighted by Gasteiger charge is -2.11. The number of aromatic nitrogens is 1. The molecule has 0 bridgehead atoms. The van der Waals surface area contributed by atoms with Crippen molar-refractivity contribution >= 4 is 0 Å². The fourth-order valence-corrected chi connectivity index (χ4v) is 1.36. The van der Waals surface area contributed by atoms with E-state index < -0.39 is 0 Å². The standard InChI is InChI=1S/C11H18N2O/c1-3-4-5-10(12)9-6-7-13-11(8-9)14-2/h6-8,10H,3-5,12H2,1-2H3. The van der Waals surface area contributed by atoms with Crippen LogP contribution in [0.15, 0.2) is 18.3 Å². The van der Waals surface area contributed by atoms with E-state index in [1.807, 2.05) is 12.1 Å². The summed E-state index contributed by atoms with van der Waals surface area (Å²) in [7, 11) is 1.61. The lowest BCUT2D eigenvalue weighted by molar-refractivity contribution is 0.396. The largest absolute Gasteiger partial charge is 0.481 e. The molecule has 1 aromatic rings. The van der Waals surface area contributed by atoms with Gasteiger partial charge in [0, 0.05) is 18.3 Å². The zero-order valence-corrected chi connectivity index (χ0v) is 8.86. The third-order valence-electron chi connectivity index (χ3n) is 2.26. The molecule has 3 heteroatoms. The van der Waals surface area contributed by atoms with E-state index in [4.69, 9.17) is 10.5 Å². The van der Waals surface area contributed by atoms with Crippen LogP contribution < -0.4 is 10.5 Å². The first-order valence-electron chi connectivity index (χ1n) is 5.03. The molecular weight excluding hydrogens is 176 g/mol. The number of methoxy groups -OCH3 is 1. The smallest absolute Gasteiger partial charge is 0.213 e. The van der Waals surface area contributed by atoms with Gasteiger partial charge in [0.25, 0.3) is 0 Å². The van der Waals surface area contributed by atoms with E-state index in [1.54, 1.807) is 13.3 Å². The van der Waals surface area contributed by atoms with Crippen molar-refractivity contribution < 1.29 is 4.74 Å². The summed E-state index contributed by atoms with van der Waals surface area (Å²) in [6, 6.07) is 3.95. The van der Waals surface area contributed by atoms with Gasteiger partial charge in [-0.05, 0) is 18.1 Å². The number of pyridine rings is 1. The Balaban J connectivity index is 2.64. The van der Waals surface area contributed by atoms with Crippen LogP contribution in [0.1, 0.15) is 37.8 Å². The lowest BCUT2D eigenvalue weighted by atomic mass is 10.0. The molecule has 78 valence electrons. The minimum Gasteiger partial charge on any atom is -0.481 e. The highest BCUT2D eigenvalue weighted by Crippen LogP contribution is 2.19. The summed E-state index contributed by atoms with van der Waals surface area (Å²) in [6.45, 7) is 2.17. The van der Waals surface area contributed by atoms with Crippen LogP contribution in [0.3, 0.4) is 0 Å². The predicted octanol–water partition coefficient (Wildman–Crippen LogP) is 2.28. The van der Waals surface area contributed by atoms with Gasteiger partial charge in [-0.25, -0.2) is 4.98 Å². The summed E-state index contributed by atoms with van der Waals surface area (Å²) >= 11 is 0. The maximum atomic E-state index is 6.02. The van der Waals surface area contributed by atoms with Gasteiger partial charge in [-0.15, -0.1) is 0 Å². The molecule has 1 aromatic heterocycles. The quantitative estimate of drug-likeness (QED) is 0.782. The van der Waals surface area contributed by atoms with Crippen molar-refractivity contribution in [3.8, 4) is 5.88 Å². The molecule has 0 fully saturated rings. The Labute approximate surface area is 85.3 Å². The fraction of sp³-hybridized carbons (Fsp3) is 0.545. The Kier molecular flexibility index (Phi) is 4.40. The van der Waals surface area contributed by atoms with Crippen molar-refractivity contribution in [2.24, 2.45) is 5.73 Å². The average Bonchev–Trinajstić information content (AvgIpc) is 2.26. The Hall–Kier alpha value is -1.09. The Morgan fingerprint density at radius 2 is 2.36 bits per heavy atom. The van der Waals surface area contributed by atoms with Gasteiger partial charge in [-0.1, -0.05) is 19.8 Å². The second-order valence-corrected chi connectivity index (χ2v) is 3.38. The highest BCUT2D eigenvalue weighted by atomic mass is 16.5. The lowest BCUT2D eigenvalue weighted by Crippen LogP contribution is -2.10. The van der Waals surface area contributed by atoms with Crippen LogP contribution in [0.25, 0.3) is 0 Å². The molecule has 3 nitrogen and oxygen atoms in total. The summed E-state index contributed by atoms with van der Waals surface area (Å²) in [4.78, 5) is 4.04. The number of nitrogens with two attached hydrogens (primary N) is 1. The summed E-state index contributed by atoms with van der Waals surface area (Å²) in [5.41, 5.74) is 7.12. The van der Waals surface area contributed by atoms with E-state index >= 15 is 0 Å². The molecular formula is C11H18N2O. The summed E-state index contributed by atoms with van der Waals surface area (Å²) in [6.07, 6.45) is 5.09. The van der Waals surface area contributed by atoms with Crippen molar-refractivity contribution in [3.63, 3.8) is 0 Å². The van der Waals surface area contributed by atoms with Gasteiger partial charge in [0.2, 0.25) is 5.88 Å². The molecule has 0 aliphatic heterocycles. The third-order valence-corrected chi connectivity index (χ3v) is 2.26. The van der Waals surface area contributed by atoms with Gasteiger partial charge < -0.3 is 10.5 Å². The van der Waals surface area contributed by atoms with Gasteiger partial charge in [0.05, 0.1) is 7.11 Å². The van der Waals surface area contributed by atoms with Crippen LogP contribution in [0, 0.1) is 0 Å². The van der Waals surface area contributed by atoms with Crippen molar-refractivity contribution in [2.75, 3.05) is 7.11 Å². The first kappa shape index (κ1) is 11.0. The van der Waals surface area contributed by atoms with Gasteiger partial charge in [-0.2, -0.15) is 0 Å². The predicted molar refractivity (Wildman–Crippen MR) is 57.2 cm³/mol. The van der Waals surface area contributed by atoms with E-state index in [2.05, 4.69) is 11.9 Å². The molecule has 1 atom stereocenters. The van der Waals surface area contributed by atoms with E-state index in [-0.39, 0.29) is 6.04 Å². The summed E-state index contributed by atoms with van der Waals surface area (Å²) in [5.74, 6) is 0.634. The van der Waals surface area contributed by atoms with Gasteiger partial charge in [0.15, 0.2) is 0 Å². The molecule has 14 heavy (non-hydrogen) atoms. The van der Waals surface area contributed by atoms with Gasteiger partial charge in [-0.3, -0.25) is 0 Å². The molecule has 0 aliphatic rings. The Morgan fingerprint density at radius 1 is 1.57 bits per heavy atom. The fourth-order valence-electron chi connectivity index (χ4n) is 1.36. The zero-order chi connectivity index (χ0) is 10.4. The normalized spacial score (nSPS) is 12.5. The van der Waals surface area contributed by atoms with Crippen molar-refractivity contribution in [1.29, 1.82) is 0 Å². The van der Waals surface area contributed by atoms with Crippen LogP contribution in [0.4, 0.5) is 0 Å². The van der Waals surface area contributed by atoms with E-state index in [0.29, 0.717) is 5.88 Å². The summed E-state index contributed by atoms with van der Waals surface area (Å²) in [5, 5.41) is 0. The average molecular weight is 194 g/mol. The molecule has 0 saturated heterocycles. The Morgan fingerprint density at radius 3 is 3.00 bits per heavy atom. The monoisotopic (exact) mass is 194 g/mol. The number of ether oxygens (including phenoxy) is 1. The first-order valence-corrected chi connectivity index (χ1v) is 5.03. The Bertz CT molecular complexity index is 276. The van der Waals surface area contributed by atoms with Crippen molar-refractivity contribution in [2.45, 2.75) is 32.2 Å². The second-order valence-electron chi connectivity index (χ2n) is 3.38. The maximum Gasteiger partial charge on any atom is 0.213 e. The van der Waals surface area contributed by atoms with Crippen LogP contribution >= 0.6 is 0 Å². The van der Waals surface area contributed by atoms with Crippen LogP contribution in [-0.2, 0) is 0 Å². The second kappa shape index (κ2) is 5.60. The summed E-state index contributed by atoms with van der Waals surface area (Å²) < 4.78 is 5.04. The number of hydrogen-bond donors (Lipinski definition) is 1. The number of hydrogen-bond acceptors (Lipinski definition) is 3. The number of nitrogens with zero attached hydrogens (tertiary/aromatic N) is 1. The molecule has 0 radical (unpaired) electrons. The highest BCUT2D eigenvalue weighted by molar-refractivity contribution is 5.23. The SMILES string of the molecule is CCCCC(N)c1ccnc(OC)c1. The van der Waals surface area contributed by atoms with E-state index in [0.717, 1.165) is 18.4 Å². The van der Waals surface area contributed by atoms with Gasteiger partial charge >= 0.3 is 0 Å². The minimum absolute atomic E-state index is 0.104. The molecule has 0 spiro atoms. The topological polar surface area (TPSA) is 48.1 Å². The van der Waals surface area contributed by atoms with E-state index in [1.165, 1.54) is 6.42 Å². The third kappa shape index (κ3) is 3.00. The van der Waals surface area contributed by atoms with Crippen molar-refractivity contribution in [1.82, 2.24) is 4.98 Å². The molecule has 1 heterocycles. The molecule has 1 unspecified atom stereocenters. The molecule has 0 saturated carbocycles. The van der Waals surface area contributed by atoms with Crippen LogP contribution in [-0.4, -0.2) is 12.1 Å². The zero-order valence-electron chi connectivity index (χ0n) is 8.86. The molecule has 0 amide bonds. The molecule has 2 N–H and O–H groups in total. The number of unbranched alkanes of at least 4 members (excludes halogenated alkanes) is 1. The molecule has 0 aromatic carbocycles. The molecule has 1 rings (SSSR count). The maximum absolute atomic E-state index is 6.02. The minimum atomic E-state index is 0.104. The first-order chi connectivity index (χ1) is 6.77. The van der Waals surface area contributed by atoms with Gasteiger partial charge in [0.1, 0.15) is 0 Å². The number of rotatable bonds is 5.